The molecule has 1 fully saturated rings. The Labute approximate surface area is 102 Å². The highest BCUT2D eigenvalue weighted by Crippen LogP contribution is 2.21. The van der Waals surface area contributed by atoms with Crippen LogP contribution in [0.4, 0.5) is 13.2 Å². The zero-order valence-electron chi connectivity index (χ0n) is 9.54. The molecule has 1 aromatic rings. The number of nitrogens with one attached hydrogen (secondary N) is 1. The van der Waals surface area contributed by atoms with Crippen molar-refractivity contribution in [3.63, 3.8) is 0 Å². The van der Waals surface area contributed by atoms with E-state index in [9.17, 15) is 18.0 Å². The van der Waals surface area contributed by atoms with Gasteiger partial charge in [0.15, 0.2) is 0 Å². The predicted octanol–water partition coefficient (Wildman–Crippen LogP) is 1.39. The first-order chi connectivity index (χ1) is 8.46. The van der Waals surface area contributed by atoms with Crippen molar-refractivity contribution in [2.75, 3.05) is 19.6 Å². The van der Waals surface area contributed by atoms with Gasteiger partial charge in [-0.15, -0.1) is 0 Å². The van der Waals surface area contributed by atoms with Gasteiger partial charge in [-0.05, 0) is 12.1 Å². The van der Waals surface area contributed by atoms with Crippen LogP contribution in [0.15, 0.2) is 22.8 Å². The lowest BCUT2D eigenvalue weighted by molar-refractivity contribution is -0.166. The third-order valence-electron chi connectivity index (χ3n) is 2.74. The first-order valence-corrected chi connectivity index (χ1v) is 5.54. The minimum Gasteiger partial charge on any atom is -0.467 e. The highest BCUT2D eigenvalue weighted by Gasteiger charge is 2.37. The molecule has 1 aliphatic rings. The van der Waals surface area contributed by atoms with E-state index in [1.54, 1.807) is 12.1 Å². The number of carbonyl (C=O) groups excluding carboxylic acids is 1. The number of rotatable bonds is 4. The molecule has 0 saturated carbocycles. The summed E-state index contributed by atoms with van der Waals surface area (Å²) in [6.07, 6.45) is -3.03. The smallest absolute Gasteiger partial charge is 0.406 e. The quantitative estimate of drug-likeness (QED) is 0.892. The summed E-state index contributed by atoms with van der Waals surface area (Å²) in [5.41, 5.74) is 0. The summed E-state index contributed by atoms with van der Waals surface area (Å²) in [4.78, 5) is 12.7. The standard InChI is InChI=1S/C11H13F3N2O2/c12-11(13,14)7-16(6-9-2-1-3-18-9)10(17)8-4-15-5-8/h1-3,8,15H,4-7H2. The highest BCUT2D eigenvalue weighted by molar-refractivity contribution is 5.80. The van der Waals surface area contributed by atoms with E-state index in [0.29, 0.717) is 18.8 Å². The Morgan fingerprint density at radius 2 is 2.22 bits per heavy atom. The molecule has 100 valence electrons. The van der Waals surface area contributed by atoms with E-state index in [4.69, 9.17) is 4.42 Å². The molecule has 0 unspecified atom stereocenters. The molecule has 1 N–H and O–H groups in total. The molecule has 1 aliphatic heterocycles. The molecule has 1 aromatic heterocycles. The Balaban J connectivity index is 2.04. The van der Waals surface area contributed by atoms with E-state index in [1.807, 2.05) is 0 Å². The fraction of sp³-hybridized carbons (Fsp3) is 0.545. The van der Waals surface area contributed by atoms with Gasteiger partial charge in [0.1, 0.15) is 12.3 Å². The molecular weight excluding hydrogens is 249 g/mol. The molecule has 1 amide bonds. The van der Waals surface area contributed by atoms with Crippen LogP contribution in [0, 0.1) is 5.92 Å². The molecule has 2 heterocycles. The normalized spacial score (nSPS) is 16.4. The molecule has 2 rings (SSSR count). The molecule has 0 bridgehead atoms. The molecule has 0 atom stereocenters. The maximum absolute atomic E-state index is 12.4. The fourth-order valence-corrected chi connectivity index (χ4v) is 1.74. The van der Waals surface area contributed by atoms with Crippen molar-refractivity contribution < 1.29 is 22.4 Å². The van der Waals surface area contributed by atoms with Crippen LogP contribution < -0.4 is 5.32 Å². The van der Waals surface area contributed by atoms with Gasteiger partial charge in [0, 0.05) is 13.1 Å². The van der Waals surface area contributed by atoms with Gasteiger partial charge in [-0.1, -0.05) is 0 Å². The molecule has 7 heteroatoms. The van der Waals surface area contributed by atoms with Crippen molar-refractivity contribution in [3.8, 4) is 0 Å². The molecule has 0 spiro atoms. The highest BCUT2D eigenvalue weighted by atomic mass is 19.4. The summed E-state index contributed by atoms with van der Waals surface area (Å²) in [5.74, 6) is -0.496. The summed E-state index contributed by atoms with van der Waals surface area (Å²) in [7, 11) is 0. The second kappa shape index (κ2) is 5.01. The Hall–Kier alpha value is -1.50. The molecule has 0 radical (unpaired) electrons. The summed E-state index contributed by atoms with van der Waals surface area (Å²) in [5, 5.41) is 2.87. The Kier molecular flexibility index (Phi) is 3.60. The lowest BCUT2D eigenvalue weighted by atomic mass is 10.0. The van der Waals surface area contributed by atoms with Crippen molar-refractivity contribution in [2.24, 2.45) is 5.92 Å². The molecule has 18 heavy (non-hydrogen) atoms. The zero-order valence-corrected chi connectivity index (χ0v) is 9.54. The fourth-order valence-electron chi connectivity index (χ4n) is 1.74. The number of halogens is 3. The zero-order chi connectivity index (χ0) is 13.2. The second-order valence-corrected chi connectivity index (χ2v) is 4.24. The summed E-state index contributed by atoms with van der Waals surface area (Å²) < 4.78 is 42.3. The lowest BCUT2D eigenvalue weighted by Gasteiger charge is -2.32. The number of hydrogen-bond donors (Lipinski definition) is 1. The maximum atomic E-state index is 12.4. The average molecular weight is 262 g/mol. The van der Waals surface area contributed by atoms with Gasteiger partial charge in [0.05, 0.1) is 18.7 Å². The number of nitrogens with zero attached hydrogens (tertiary/aromatic N) is 1. The van der Waals surface area contributed by atoms with Crippen molar-refractivity contribution in [3.05, 3.63) is 24.2 Å². The van der Waals surface area contributed by atoms with E-state index >= 15 is 0 Å². The van der Waals surface area contributed by atoms with Crippen LogP contribution in [0.2, 0.25) is 0 Å². The molecule has 4 nitrogen and oxygen atoms in total. The minimum absolute atomic E-state index is 0.151. The summed E-state index contributed by atoms with van der Waals surface area (Å²) in [6.45, 7) is -0.526. The second-order valence-electron chi connectivity index (χ2n) is 4.24. The average Bonchev–Trinajstić information content (AvgIpc) is 2.64. The third kappa shape index (κ3) is 3.25. The van der Waals surface area contributed by atoms with Crippen LogP contribution in [0.3, 0.4) is 0 Å². The first kappa shape index (κ1) is 12.9. The minimum atomic E-state index is -4.40. The first-order valence-electron chi connectivity index (χ1n) is 5.54. The van der Waals surface area contributed by atoms with Crippen LogP contribution in [-0.2, 0) is 11.3 Å². The molecular formula is C11H13F3N2O2. The number of furan rings is 1. The van der Waals surface area contributed by atoms with Gasteiger partial charge in [0.25, 0.3) is 0 Å². The van der Waals surface area contributed by atoms with Gasteiger partial charge < -0.3 is 14.6 Å². The van der Waals surface area contributed by atoms with Gasteiger partial charge in [-0.3, -0.25) is 4.79 Å². The maximum Gasteiger partial charge on any atom is 0.406 e. The molecule has 0 aliphatic carbocycles. The Morgan fingerprint density at radius 1 is 1.50 bits per heavy atom. The number of hydrogen-bond acceptors (Lipinski definition) is 3. The largest absolute Gasteiger partial charge is 0.467 e. The number of alkyl halides is 3. The van der Waals surface area contributed by atoms with Crippen LogP contribution in [0.1, 0.15) is 5.76 Å². The van der Waals surface area contributed by atoms with Crippen molar-refractivity contribution in [1.29, 1.82) is 0 Å². The Morgan fingerprint density at radius 3 is 2.67 bits per heavy atom. The van der Waals surface area contributed by atoms with E-state index in [0.717, 1.165) is 4.90 Å². The molecule has 1 saturated heterocycles. The van der Waals surface area contributed by atoms with Gasteiger partial charge >= 0.3 is 6.18 Å². The number of amides is 1. The van der Waals surface area contributed by atoms with E-state index in [2.05, 4.69) is 5.32 Å². The Bertz CT molecular complexity index is 399. The van der Waals surface area contributed by atoms with Crippen LogP contribution in [-0.4, -0.2) is 36.6 Å². The van der Waals surface area contributed by atoms with Crippen LogP contribution in [0.5, 0.6) is 0 Å². The van der Waals surface area contributed by atoms with Crippen LogP contribution >= 0.6 is 0 Å². The topological polar surface area (TPSA) is 45.5 Å². The van der Waals surface area contributed by atoms with E-state index < -0.39 is 18.6 Å². The monoisotopic (exact) mass is 262 g/mol. The van der Waals surface area contributed by atoms with Gasteiger partial charge in [0.2, 0.25) is 5.91 Å². The summed E-state index contributed by atoms with van der Waals surface area (Å²) in [6, 6.07) is 3.13. The van der Waals surface area contributed by atoms with Crippen molar-refractivity contribution >= 4 is 5.91 Å². The van der Waals surface area contributed by atoms with Gasteiger partial charge in [-0.25, -0.2) is 0 Å². The predicted molar refractivity (Wildman–Crippen MR) is 56.5 cm³/mol. The van der Waals surface area contributed by atoms with Crippen molar-refractivity contribution in [1.82, 2.24) is 10.2 Å². The number of carbonyl (C=O) groups is 1. The van der Waals surface area contributed by atoms with Crippen LogP contribution in [0.25, 0.3) is 0 Å². The lowest BCUT2D eigenvalue weighted by Crippen LogP contribution is -2.53. The van der Waals surface area contributed by atoms with Gasteiger partial charge in [-0.2, -0.15) is 13.2 Å². The third-order valence-corrected chi connectivity index (χ3v) is 2.74. The van der Waals surface area contributed by atoms with Crippen molar-refractivity contribution in [2.45, 2.75) is 12.7 Å². The SMILES string of the molecule is O=C(C1CNC1)N(Cc1ccco1)CC(F)(F)F. The van der Waals surface area contributed by atoms with E-state index in [1.165, 1.54) is 6.26 Å². The summed E-state index contributed by atoms with van der Waals surface area (Å²) >= 11 is 0. The van der Waals surface area contributed by atoms with E-state index in [-0.39, 0.29) is 12.5 Å². The molecule has 0 aromatic carbocycles.